The molecule has 0 spiro atoms. The summed E-state index contributed by atoms with van der Waals surface area (Å²) >= 11 is 7.07. The second-order valence-electron chi connectivity index (χ2n) is 6.67. The third-order valence-electron chi connectivity index (χ3n) is 4.65. The largest absolute Gasteiger partial charge is 0.416 e. The van der Waals surface area contributed by atoms with Gasteiger partial charge in [0.2, 0.25) is 0 Å². The molecule has 3 rings (SSSR count). The van der Waals surface area contributed by atoms with E-state index in [2.05, 4.69) is 33.9 Å². The first-order valence-corrected chi connectivity index (χ1v) is 10.2. The molecule has 146 valence electrons. The summed E-state index contributed by atoms with van der Waals surface area (Å²) in [4.78, 5) is 3.70. The van der Waals surface area contributed by atoms with E-state index in [0.717, 1.165) is 25.2 Å². The van der Waals surface area contributed by atoms with Crippen LogP contribution in [0.4, 0.5) is 18.9 Å². The minimum absolute atomic E-state index is 0.0209. The number of hydrogen-bond acceptors (Lipinski definition) is 3. The molecule has 0 radical (unpaired) electrons. The van der Waals surface area contributed by atoms with Crippen molar-refractivity contribution in [2.24, 2.45) is 0 Å². The maximum absolute atomic E-state index is 12.9. The highest BCUT2D eigenvalue weighted by Gasteiger charge is 2.31. The van der Waals surface area contributed by atoms with Gasteiger partial charge in [0.15, 0.2) is 5.11 Å². The van der Waals surface area contributed by atoms with Gasteiger partial charge in [0.1, 0.15) is 0 Å². The Morgan fingerprint density at radius 1 is 1.19 bits per heavy atom. The highest BCUT2D eigenvalue weighted by Crippen LogP contribution is 2.32. The Morgan fingerprint density at radius 3 is 2.56 bits per heavy atom. The topological polar surface area (TPSA) is 27.3 Å². The van der Waals surface area contributed by atoms with E-state index in [9.17, 15) is 13.2 Å². The molecule has 0 saturated carbocycles. The monoisotopic (exact) mass is 413 g/mol. The first-order valence-electron chi connectivity index (χ1n) is 8.87. The van der Waals surface area contributed by atoms with Crippen molar-refractivity contribution in [3.63, 3.8) is 0 Å². The summed E-state index contributed by atoms with van der Waals surface area (Å²) in [7, 11) is 0. The minimum Gasteiger partial charge on any atom is -0.358 e. The van der Waals surface area contributed by atoms with Gasteiger partial charge in [-0.25, -0.2) is 0 Å². The standard InChI is InChI=1S/C19H22F3N3S2/c1-13(17(16-8-5-11-27-16)25-9-2-3-10-25)23-18(26)24-15-7-4-6-14(12-15)19(20,21)22/h4-8,11-13,17H,2-3,9-10H2,1H3,(H2,23,24,26)/t13-,17+/m1/s1. The molecule has 0 aliphatic carbocycles. The highest BCUT2D eigenvalue weighted by molar-refractivity contribution is 7.80. The van der Waals surface area contributed by atoms with E-state index in [4.69, 9.17) is 12.2 Å². The third kappa shape index (κ3) is 5.21. The van der Waals surface area contributed by atoms with Crippen molar-refractivity contribution in [1.29, 1.82) is 0 Å². The Balaban J connectivity index is 1.67. The fourth-order valence-corrected chi connectivity index (χ4v) is 4.72. The lowest BCUT2D eigenvalue weighted by atomic mass is 10.1. The van der Waals surface area contributed by atoms with Gasteiger partial charge in [0.25, 0.3) is 0 Å². The second kappa shape index (κ2) is 8.58. The first-order chi connectivity index (χ1) is 12.8. The normalized spacial score (nSPS) is 17.5. The van der Waals surface area contributed by atoms with Gasteiger partial charge in [-0.3, -0.25) is 4.90 Å². The zero-order chi connectivity index (χ0) is 19.4. The Hall–Kier alpha value is -1.64. The summed E-state index contributed by atoms with van der Waals surface area (Å²) in [5, 5.41) is 8.52. The molecular weight excluding hydrogens is 391 g/mol. The fraction of sp³-hybridized carbons (Fsp3) is 0.421. The Labute approximate surface area is 166 Å². The van der Waals surface area contributed by atoms with E-state index in [1.165, 1.54) is 23.8 Å². The maximum Gasteiger partial charge on any atom is 0.416 e. The van der Waals surface area contributed by atoms with Crippen LogP contribution in [-0.4, -0.2) is 29.1 Å². The summed E-state index contributed by atoms with van der Waals surface area (Å²) in [6.07, 6.45) is -2.01. The predicted molar refractivity (Wildman–Crippen MR) is 108 cm³/mol. The predicted octanol–water partition coefficient (Wildman–Crippen LogP) is 5.28. The number of alkyl halides is 3. The van der Waals surface area contributed by atoms with Crippen LogP contribution in [0.1, 0.15) is 36.2 Å². The number of thiophene rings is 1. The van der Waals surface area contributed by atoms with Crippen LogP contribution < -0.4 is 10.6 Å². The van der Waals surface area contributed by atoms with E-state index in [0.29, 0.717) is 10.8 Å². The van der Waals surface area contributed by atoms with E-state index >= 15 is 0 Å². The van der Waals surface area contributed by atoms with Gasteiger partial charge >= 0.3 is 6.18 Å². The van der Waals surface area contributed by atoms with Gasteiger partial charge in [-0.1, -0.05) is 12.1 Å². The molecular formula is C19H22F3N3S2. The number of anilines is 1. The van der Waals surface area contributed by atoms with Gasteiger partial charge in [0.05, 0.1) is 11.6 Å². The molecule has 2 heterocycles. The Morgan fingerprint density at radius 2 is 1.93 bits per heavy atom. The molecule has 2 N–H and O–H groups in total. The number of nitrogens with one attached hydrogen (secondary N) is 2. The van der Waals surface area contributed by atoms with Gasteiger partial charge in [-0.2, -0.15) is 13.2 Å². The molecule has 2 aromatic rings. The zero-order valence-electron chi connectivity index (χ0n) is 14.9. The number of nitrogens with zero attached hydrogens (tertiary/aromatic N) is 1. The lowest BCUT2D eigenvalue weighted by Crippen LogP contribution is -2.45. The third-order valence-corrected chi connectivity index (χ3v) is 5.81. The SMILES string of the molecule is C[C@@H](NC(=S)Nc1cccc(C(F)(F)F)c1)[C@@H](c1cccs1)N1CCCC1. The van der Waals surface area contributed by atoms with Crippen LogP contribution in [0.5, 0.6) is 0 Å². The molecule has 1 aliphatic rings. The molecule has 2 atom stereocenters. The molecule has 27 heavy (non-hydrogen) atoms. The van der Waals surface area contributed by atoms with Crippen LogP contribution in [0, 0.1) is 0 Å². The molecule has 0 amide bonds. The van der Waals surface area contributed by atoms with Crippen LogP contribution in [0.2, 0.25) is 0 Å². The number of benzene rings is 1. The summed E-state index contributed by atoms with van der Waals surface area (Å²) < 4.78 is 38.6. The molecule has 1 aromatic carbocycles. The minimum atomic E-state index is -4.37. The van der Waals surface area contributed by atoms with E-state index in [1.807, 2.05) is 6.07 Å². The lowest BCUT2D eigenvalue weighted by Gasteiger charge is -2.33. The number of rotatable bonds is 5. The van der Waals surface area contributed by atoms with Gasteiger partial charge < -0.3 is 10.6 Å². The maximum atomic E-state index is 12.9. The van der Waals surface area contributed by atoms with Crippen molar-refractivity contribution in [1.82, 2.24) is 10.2 Å². The molecule has 1 fully saturated rings. The second-order valence-corrected chi connectivity index (χ2v) is 8.06. The summed E-state index contributed by atoms with van der Waals surface area (Å²) in [6, 6.07) is 9.42. The van der Waals surface area contributed by atoms with Crippen LogP contribution in [-0.2, 0) is 6.18 Å². The fourth-order valence-electron chi connectivity index (χ4n) is 3.45. The molecule has 8 heteroatoms. The summed E-state index contributed by atoms with van der Waals surface area (Å²) in [6.45, 7) is 4.15. The molecule has 1 aliphatic heterocycles. The average molecular weight is 414 g/mol. The van der Waals surface area contributed by atoms with Crippen LogP contribution in [0.25, 0.3) is 0 Å². The molecule has 0 unspecified atom stereocenters. The molecule has 1 saturated heterocycles. The Bertz CT molecular complexity index is 756. The zero-order valence-corrected chi connectivity index (χ0v) is 16.6. The van der Waals surface area contributed by atoms with Gasteiger partial charge in [-0.15, -0.1) is 11.3 Å². The molecule has 3 nitrogen and oxygen atoms in total. The summed E-state index contributed by atoms with van der Waals surface area (Å²) in [5.41, 5.74) is -0.375. The highest BCUT2D eigenvalue weighted by atomic mass is 32.1. The number of likely N-dealkylation sites (tertiary alicyclic amines) is 1. The molecule has 1 aromatic heterocycles. The van der Waals surface area contributed by atoms with Gasteiger partial charge in [0, 0.05) is 16.6 Å². The number of halogens is 3. The van der Waals surface area contributed by atoms with Crippen LogP contribution in [0.15, 0.2) is 41.8 Å². The number of hydrogen-bond donors (Lipinski definition) is 2. The first kappa shape index (κ1) is 20.1. The van der Waals surface area contributed by atoms with E-state index in [1.54, 1.807) is 17.4 Å². The smallest absolute Gasteiger partial charge is 0.358 e. The Kier molecular flexibility index (Phi) is 6.39. The van der Waals surface area contributed by atoms with Crippen molar-refractivity contribution in [2.45, 2.75) is 38.0 Å². The van der Waals surface area contributed by atoms with E-state index < -0.39 is 11.7 Å². The van der Waals surface area contributed by atoms with Crippen LogP contribution >= 0.6 is 23.6 Å². The van der Waals surface area contributed by atoms with Crippen molar-refractivity contribution in [2.75, 3.05) is 18.4 Å². The van der Waals surface area contributed by atoms with E-state index in [-0.39, 0.29) is 12.1 Å². The lowest BCUT2D eigenvalue weighted by molar-refractivity contribution is -0.137. The summed E-state index contributed by atoms with van der Waals surface area (Å²) in [5.74, 6) is 0. The van der Waals surface area contributed by atoms with Crippen molar-refractivity contribution in [3.8, 4) is 0 Å². The van der Waals surface area contributed by atoms with Gasteiger partial charge in [-0.05, 0) is 74.7 Å². The van der Waals surface area contributed by atoms with Crippen molar-refractivity contribution >= 4 is 34.4 Å². The average Bonchev–Trinajstić information content (AvgIpc) is 3.29. The van der Waals surface area contributed by atoms with Crippen LogP contribution in [0.3, 0.4) is 0 Å². The quantitative estimate of drug-likeness (QED) is 0.653. The number of thiocarbonyl (C=S) groups is 1. The van der Waals surface area contributed by atoms with Crippen molar-refractivity contribution in [3.05, 3.63) is 52.2 Å². The molecule has 0 bridgehead atoms. The van der Waals surface area contributed by atoms with Crippen molar-refractivity contribution < 1.29 is 13.2 Å².